The Balaban J connectivity index is 1.93. The molecular formula is C16H15BrO4. The van der Waals surface area contributed by atoms with Crippen LogP contribution in [0.2, 0.25) is 0 Å². The van der Waals surface area contributed by atoms with Crippen LogP contribution in [0.5, 0.6) is 17.2 Å². The largest absolute Gasteiger partial charge is 0.493 e. The van der Waals surface area contributed by atoms with Crippen LogP contribution >= 0.6 is 15.9 Å². The number of halogens is 1. The summed E-state index contributed by atoms with van der Waals surface area (Å²) in [7, 11) is 1.54. The van der Waals surface area contributed by atoms with Crippen molar-refractivity contribution >= 4 is 22.2 Å². The number of hydrogen-bond donors (Lipinski definition) is 0. The van der Waals surface area contributed by atoms with E-state index < -0.39 is 0 Å². The molecule has 21 heavy (non-hydrogen) atoms. The van der Waals surface area contributed by atoms with Gasteiger partial charge in [-0.1, -0.05) is 28.1 Å². The third-order valence-corrected chi connectivity index (χ3v) is 3.24. The predicted molar refractivity (Wildman–Crippen MR) is 83.5 cm³/mol. The molecule has 4 nitrogen and oxygen atoms in total. The Kier molecular flexibility index (Phi) is 5.63. The first-order valence-electron chi connectivity index (χ1n) is 6.38. The molecule has 0 N–H and O–H groups in total. The van der Waals surface area contributed by atoms with Gasteiger partial charge < -0.3 is 14.2 Å². The van der Waals surface area contributed by atoms with Crippen LogP contribution in [-0.2, 0) is 0 Å². The van der Waals surface area contributed by atoms with Crippen molar-refractivity contribution in [2.24, 2.45) is 0 Å². The number of aldehydes is 1. The minimum Gasteiger partial charge on any atom is -0.493 e. The van der Waals surface area contributed by atoms with E-state index in [0.29, 0.717) is 30.3 Å². The van der Waals surface area contributed by atoms with Crippen LogP contribution in [0.4, 0.5) is 0 Å². The predicted octanol–water partition coefficient (Wildman–Crippen LogP) is 3.73. The summed E-state index contributed by atoms with van der Waals surface area (Å²) in [6, 6.07) is 12.7. The maximum Gasteiger partial charge on any atom is 0.171 e. The zero-order valence-corrected chi connectivity index (χ0v) is 13.1. The van der Waals surface area contributed by atoms with Crippen molar-refractivity contribution in [3.05, 3.63) is 52.5 Å². The topological polar surface area (TPSA) is 44.8 Å². The van der Waals surface area contributed by atoms with Gasteiger partial charge in [0.1, 0.15) is 19.0 Å². The number of hydrogen-bond acceptors (Lipinski definition) is 4. The highest BCUT2D eigenvalue weighted by Gasteiger charge is 2.09. The Labute approximate surface area is 131 Å². The summed E-state index contributed by atoms with van der Waals surface area (Å²) in [5.74, 6) is 1.72. The van der Waals surface area contributed by atoms with Crippen molar-refractivity contribution in [3.63, 3.8) is 0 Å². The zero-order valence-electron chi connectivity index (χ0n) is 11.5. The molecular weight excluding hydrogens is 336 g/mol. The fourth-order valence-electron chi connectivity index (χ4n) is 1.80. The van der Waals surface area contributed by atoms with Crippen LogP contribution in [0.25, 0.3) is 0 Å². The first-order valence-corrected chi connectivity index (χ1v) is 7.17. The molecule has 0 heterocycles. The second-order valence-electron chi connectivity index (χ2n) is 4.15. The lowest BCUT2D eigenvalue weighted by atomic mass is 10.2. The van der Waals surface area contributed by atoms with E-state index in [4.69, 9.17) is 14.2 Å². The van der Waals surface area contributed by atoms with E-state index in [1.807, 2.05) is 24.3 Å². The van der Waals surface area contributed by atoms with E-state index in [9.17, 15) is 4.79 Å². The van der Waals surface area contributed by atoms with Gasteiger partial charge in [-0.15, -0.1) is 0 Å². The number of carbonyl (C=O) groups is 1. The average Bonchev–Trinajstić information content (AvgIpc) is 2.51. The summed E-state index contributed by atoms with van der Waals surface area (Å²) in [5.41, 5.74) is 0.455. The molecule has 0 saturated heterocycles. The molecule has 0 amide bonds. The first kappa shape index (κ1) is 15.4. The SMILES string of the molecule is COc1cccc(C=O)c1OCCOc1cccc(Br)c1. The molecule has 0 fully saturated rings. The normalized spacial score (nSPS) is 10.0. The molecule has 2 aromatic rings. The van der Waals surface area contributed by atoms with Gasteiger partial charge in [-0.25, -0.2) is 0 Å². The van der Waals surface area contributed by atoms with Crippen molar-refractivity contribution in [1.29, 1.82) is 0 Å². The Morgan fingerprint density at radius 1 is 1.10 bits per heavy atom. The Hall–Kier alpha value is -2.01. The van der Waals surface area contributed by atoms with Crippen LogP contribution in [0.15, 0.2) is 46.9 Å². The van der Waals surface area contributed by atoms with Crippen LogP contribution in [0, 0.1) is 0 Å². The number of methoxy groups -OCH3 is 1. The van der Waals surface area contributed by atoms with Gasteiger partial charge in [0, 0.05) is 4.47 Å². The summed E-state index contributed by atoms with van der Waals surface area (Å²) in [6.07, 6.45) is 0.743. The summed E-state index contributed by atoms with van der Waals surface area (Å²) in [5, 5.41) is 0. The molecule has 110 valence electrons. The molecule has 0 radical (unpaired) electrons. The van der Waals surface area contributed by atoms with Gasteiger partial charge in [0.25, 0.3) is 0 Å². The van der Waals surface area contributed by atoms with E-state index in [1.54, 1.807) is 18.2 Å². The van der Waals surface area contributed by atoms with Crippen molar-refractivity contribution in [2.75, 3.05) is 20.3 Å². The van der Waals surface area contributed by atoms with E-state index in [0.717, 1.165) is 16.5 Å². The lowest BCUT2D eigenvalue weighted by Crippen LogP contribution is -2.10. The van der Waals surface area contributed by atoms with Gasteiger partial charge in [-0.05, 0) is 30.3 Å². The quantitative estimate of drug-likeness (QED) is 0.563. The average molecular weight is 351 g/mol. The maximum absolute atomic E-state index is 11.0. The molecule has 0 aliphatic rings. The molecule has 0 aromatic heterocycles. The highest BCUT2D eigenvalue weighted by atomic mass is 79.9. The van der Waals surface area contributed by atoms with E-state index >= 15 is 0 Å². The number of rotatable bonds is 7. The van der Waals surface area contributed by atoms with E-state index in [1.165, 1.54) is 7.11 Å². The van der Waals surface area contributed by atoms with Gasteiger partial charge in [0.15, 0.2) is 17.8 Å². The van der Waals surface area contributed by atoms with Gasteiger partial charge in [-0.2, -0.15) is 0 Å². The fraction of sp³-hybridized carbons (Fsp3) is 0.188. The molecule has 2 rings (SSSR count). The molecule has 0 unspecified atom stereocenters. The van der Waals surface area contributed by atoms with Gasteiger partial charge in [-0.3, -0.25) is 4.79 Å². The Morgan fingerprint density at radius 3 is 2.57 bits per heavy atom. The molecule has 0 bridgehead atoms. The lowest BCUT2D eigenvalue weighted by Gasteiger charge is -2.13. The van der Waals surface area contributed by atoms with Crippen molar-refractivity contribution in [2.45, 2.75) is 0 Å². The maximum atomic E-state index is 11.0. The molecule has 0 aliphatic carbocycles. The molecule has 5 heteroatoms. The highest BCUT2D eigenvalue weighted by Crippen LogP contribution is 2.29. The van der Waals surface area contributed by atoms with E-state index in [-0.39, 0.29) is 0 Å². The van der Waals surface area contributed by atoms with Gasteiger partial charge in [0.2, 0.25) is 0 Å². The van der Waals surface area contributed by atoms with Crippen LogP contribution in [0.3, 0.4) is 0 Å². The number of carbonyl (C=O) groups excluding carboxylic acids is 1. The molecule has 0 spiro atoms. The smallest absolute Gasteiger partial charge is 0.171 e. The van der Waals surface area contributed by atoms with Crippen LogP contribution in [-0.4, -0.2) is 26.6 Å². The first-order chi connectivity index (χ1) is 10.2. The third kappa shape index (κ3) is 4.23. The fourth-order valence-corrected chi connectivity index (χ4v) is 2.18. The van der Waals surface area contributed by atoms with Crippen molar-refractivity contribution < 1.29 is 19.0 Å². The summed E-state index contributed by atoms with van der Waals surface area (Å²) < 4.78 is 17.3. The van der Waals surface area contributed by atoms with Crippen molar-refractivity contribution in [1.82, 2.24) is 0 Å². The number of ether oxygens (including phenoxy) is 3. The second-order valence-corrected chi connectivity index (χ2v) is 5.07. The third-order valence-electron chi connectivity index (χ3n) is 2.75. The zero-order chi connectivity index (χ0) is 15.1. The number of para-hydroxylation sites is 1. The van der Waals surface area contributed by atoms with Crippen LogP contribution < -0.4 is 14.2 Å². The molecule has 2 aromatic carbocycles. The van der Waals surface area contributed by atoms with Gasteiger partial charge >= 0.3 is 0 Å². The van der Waals surface area contributed by atoms with Crippen LogP contribution in [0.1, 0.15) is 10.4 Å². The summed E-state index contributed by atoms with van der Waals surface area (Å²) >= 11 is 3.38. The standard InChI is InChI=1S/C16H15BrO4/c1-19-15-7-2-4-12(11-18)16(15)21-9-8-20-14-6-3-5-13(17)10-14/h2-7,10-11H,8-9H2,1H3. The lowest BCUT2D eigenvalue weighted by molar-refractivity contribution is 0.111. The monoisotopic (exact) mass is 350 g/mol. The Bertz CT molecular complexity index is 613. The second kappa shape index (κ2) is 7.69. The number of benzene rings is 2. The minimum absolute atomic E-state index is 0.313. The van der Waals surface area contributed by atoms with Crippen molar-refractivity contribution in [3.8, 4) is 17.2 Å². The molecule has 0 aliphatic heterocycles. The minimum atomic E-state index is 0.313. The molecule has 0 saturated carbocycles. The molecule has 0 atom stereocenters. The van der Waals surface area contributed by atoms with Gasteiger partial charge in [0.05, 0.1) is 12.7 Å². The van der Waals surface area contributed by atoms with E-state index in [2.05, 4.69) is 15.9 Å². The highest BCUT2D eigenvalue weighted by molar-refractivity contribution is 9.10. The summed E-state index contributed by atoms with van der Waals surface area (Å²) in [4.78, 5) is 11.0. The summed E-state index contributed by atoms with van der Waals surface area (Å²) in [6.45, 7) is 0.681. The Morgan fingerprint density at radius 2 is 1.86 bits per heavy atom.